The smallest absolute Gasteiger partial charge is 0.269 e. The normalized spacial score (nSPS) is 20.4. The van der Waals surface area contributed by atoms with E-state index in [0.29, 0.717) is 30.5 Å². The van der Waals surface area contributed by atoms with E-state index in [1.165, 1.54) is 12.1 Å². The highest BCUT2D eigenvalue weighted by Crippen LogP contribution is 2.27. The van der Waals surface area contributed by atoms with E-state index < -0.39 is 28.5 Å². The Morgan fingerprint density at radius 2 is 1.69 bits per heavy atom. The number of nitrogens with one attached hydrogen (secondary N) is 2. The number of hydrogen-bond donors (Lipinski definition) is 2. The Hall–Kier alpha value is -3.80. The van der Waals surface area contributed by atoms with Gasteiger partial charge in [-0.2, -0.15) is 0 Å². The molecule has 2 fully saturated rings. The molecule has 2 heterocycles. The van der Waals surface area contributed by atoms with Gasteiger partial charge in [0, 0.05) is 43.9 Å². The second-order valence-electron chi connectivity index (χ2n) is 15.0. The molecule has 0 spiro atoms. The van der Waals surface area contributed by atoms with Gasteiger partial charge in [-0.3, -0.25) is 34.2 Å². The fourth-order valence-electron chi connectivity index (χ4n) is 6.77. The summed E-state index contributed by atoms with van der Waals surface area (Å²) in [6, 6.07) is 4.15. The van der Waals surface area contributed by atoms with Gasteiger partial charge in [-0.15, -0.1) is 0 Å². The maximum absolute atomic E-state index is 14.1. The number of nitro benzene ring substituents is 1. The van der Waals surface area contributed by atoms with E-state index in [1.54, 1.807) is 42.0 Å². The molecule has 0 unspecified atom stereocenters. The van der Waals surface area contributed by atoms with Crippen molar-refractivity contribution in [3.8, 4) is 0 Å². The molecule has 4 atom stereocenters. The monoisotopic (exact) mass is 668 g/mol. The molecule has 0 saturated carbocycles. The molecule has 1 aromatic rings. The van der Waals surface area contributed by atoms with E-state index in [-0.39, 0.29) is 53.9 Å². The molecule has 3 rings (SSSR count). The van der Waals surface area contributed by atoms with Gasteiger partial charge in [0.05, 0.1) is 17.0 Å². The maximum Gasteiger partial charge on any atom is 0.269 e. The van der Waals surface area contributed by atoms with Crippen molar-refractivity contribution in [1.29, 1.82) is 0 Å². The highest BCUT2D eigenvalue weighted by atomic mass is 16.6. The quantitative estimate of drug-likeness (QED) is 0.191. The SMILES string of the molecule is CC(=C[C@H](C(C)C)N(C)C(=O)[C@@H](NC(=O)[C@H]1CCCCN1C(C)C)C(C)(C)C)C(=O)N1CCC[C@H]1C(=O)NCc1cccc([N+](=O)[O-])c1. The fraction of sp³-hybridized carbons (Fsp3) is 0.667. The third-order valence-corrected chi connectivity index (χ3v) is 9.55. The second kappa shape index (κ2) is 16.5. The molecule has 12 nitrogen and oxygen atoms in total. The van der Waals surface area contributed by atoms with Crippen LogP contribution in [0.4, 0.5) is 5.69 Å². The minimum atomic E-state index is -0.769. The van der Waals surface area contributed by atoms with Crippen LogP contribution in [0.3, 0.4) is 0 Å². The van der Waals surface area contributed by atoms with Crippen LogP contribution in [-0.2, 0) is 25.7 Å². The number of benzene rings is 1. The predicted octanol–water partition coefficient (Wildman–Crippen LogP) is 4.43. The first-order valence-electron chi connectivity index (χ1n) is 17.3. The summed E-state index contributed by atoms with van der Waals surface area (Å²) in [5.74, 6) is -0.985. The van der Waals surface area contributed by atoms with Crippen LogP contribution in [0.15, 0.2) is 35.9 Å². The van der Waals surface area contributed by atoms with Crippen molar-refractivity contribution < 1.29 is 24.1 Å². The van der Waals surface area contributed by atoms with Gasteiger partial charge in [-0.1, -0.05) is 59.2 Å². The first kappa shape index (κ1) is 38.6. The van der Waals surface area contributed by atoms with E-state index in [0.717, 1.165) is 25.8 Å². The summed E-state index contributed by atoms with van der Waals surface area (Å²) in [5, 5.41) is 17.1. The summed E-state index contributed by atoms with van der Waals surface area (Å²) in [6.45, 7) is 17.1. The lowest BCUT2D eigenvalue weighted by Crippen LogP contribution is -2.60. The van der Waals surface area contributed by atoms with Crippen LogP contribution < -0.4 is 10.6 Å². The molecule has 0 radical (unpaired) electrons. The number of likely N-dealkylation sites (N-methyl/N-ethyl adjacent to an activating group) is 1. The largest absolute Gasteiger partial charge is 0.350 e. The molecule has 2 N–H and O–H groups in total. The van der Waals surface area contributed by atoms with Gasteiger partial charge in [-0.25, -0.2) is 0 Å². The number of carbonyl (C=O) groups excluding carboxylic acids is 4. The van der Waals surface area contributed by atoms with E-state index in [2.05, 4.69) is 29.4 Å². The molecule has 0 aliphatic carbocycles. The Kier molecular flexibility index (Phi) is 13.3. The highest BCUT2D eigenvalue weighted by Gasteiger charge is 2.40. The minimum absolute atomic E-state index is 0.0413. The van der Waals surface area contributed by atoms with Crippen LogP contribution in [0.2, 0.25) is 0 Å². The lowest BCUT2D eigenvalue weighted by molar-refractivity contribution is -0.384. The molecule has 266 valence electrons. The second-order valence-corrected chi connectivity index (χ2v) is 15.0. The van der Waals surface area contributed by atoms with E-state index >= 15 is 0 Å². The number of nitro groups is 1. The average Bonchev–Trinajstić information content (AvgIpc) is 3.53. The van der Waals surface area contributed by atoms with Crippen LogP contribution in [0.1, 0.15) is 93.1 Å². The van der Waals surface area contributed by atoms with Crippen molar-refractivity contribution in [3.05, 3.63) is 51.6 Å². The lowest BCUT2D eigenvalue weighted by Gasteiger charge is -2.41. The number of likely N-dealkylation sites (tertiary alicyclic amines) is 2. The summed E-state index contributed by atoms with van der Waals surface area (Å²) >= 11 is 0. The first-order chi connectivity index (χ1) is 22.4. The van der Waals surface area contributed by atoms with Gasteiger partial charge in [-0.05, 0) is 69.9 Å². The number of hydrogen-bond acceptors (Lipinski definition) is 7. The molecular formula is C36H56N6O6. The average molecular weight is 669 g/mol. The van der Waals surface area contributed by atoms with Crippen molar-refractivity contribution in [3.63, 3.8) is 0 Å². The molecule has 4 amide bonds. The molecule has 0 bridgehead atoms. The van der Waals surface area contributed by atoms with Crippen LogP contribution in [-0.4, -0.2) is 93.6 Å². The molecule has 2 saturated heterocycles. The van der Waals surface area contributed by atoms with Crippen molar-refractivity contribution in [2.24, 2.45) is 11.3 Å². The van der Waals surface area contributed by atoms with Gasteiger partial charge in [0.1, 0.15) is 12.1 Å². The highest BCUT2D eigenvalue weighted by molar-refractivity contribution is 5.97. The number of carbonyl (C=O) groups is 4. The summed E-state index contributed by atoms with van der Waals surface area (Å²) in [4.78, 5) is 70.7. The Balaban J connectivity index is 1.74. The number of rotatable bonds is 12. The van der Waals surface area contributed by atoms with Gasteiger partial charge in [0.15, 0.2) is 0 Å². The number of piperidine rings is 1. The van der Waals surface area contributed by atoms with Crippen molar-refractivity contribution in [2.45, 2.75) is 124 Å². The minimum Gasteiger partial charge on any atom is -0.350 e. The van der Waals surface area contributed by atoms with Crippen molar-refractivity contribution in [1.82, 2.24) is 25.3 Å². The van der Waals surface area contributed by atoms with Gasteiger partial charge in [0.2, 0.25) is 23.6 Å². The lowest BCUT2D eigenvalue weighted by atomic mass is 9.84. The van der Waals surface area contributed by atoms with Crippen molar-refractivity contribution >= 4 is 29.3 Å². The molecular weight excluding hydrogens is 612 g/mol. The topological polar surface area (TPSA) is 145 Å². The zero-order valence-corrected chi connectivity index (χ0v) is 30.2. The van der Waals surface area contributed by atoms with Crippen LogP contribution in [0, 0.1) is 21.4 Å². The summed E-state index contributed by atoms with van der Waals surface area (Å²) in [5.41, 5.74) is 0.409. The summed E-state index contributed by atoms with van der Waals surface area (Å²) in [7, 11) is 1.72. The Morgan fingerprint density at radius 3 is 2.29 bits per heavy atom. The first-order valence-corrected chi connectivity index (χ1v) is 17.3. The molecule has 1 aromatic carbocycles. The van der Waals surface area contributed by atoms with E-state index in [9.17, 15) is 29.3 Å². The summed E-state index contributed by atoms with van der Waals surface area (Å²) in [6.07, 6.45) is 5.75. The fourth-order valence-corrected chi connectivity index (χ4v) is 6.77. The van der Waals surface area contributed by atoms with Crippen LogP contribution in [0.5, 0.6) is 0 Å². The Morgan fingerprint density at radius 1 is 1.02 bits per heavy atom. The predicted molar refractivity (Wildman–Crippen MR) is 186 cm³/mol. The molecule has 2 aliphatic heterocycles. The van der Waals surface area contributed by atoms with Crippen molar-refractivity contribution in [2.75, 3.05) is 20.1 Å². The maximum atomic E-state index is 14.1. The third-order valence-electron chi connectivity index (χ3n) is 9.55. The van der Waals surface area contributed by atoms with Crippen LogP contribution in [0.25, 0.3) is 0 Å². The third kappa shape index (κ3) is 9.64. The Bertz CT molecular complexity index is 1370. The molecule has 48 heavy (non-hydrogen) atoms. The molecule has 2 aliphatic rings. The Labute approximate surface area is 285 Å². The number of nitrogens with zero attached hydrogens (tertiary/aromatic N) is 4. The van der Waals surface area contributed by atoms with Gasteiger partial charge in [0.25, 0.3) is 5.69 Å². The van der Waals surface area contributed by atoms with Gasteiger partial charge >= 0.3 is 0 Å². The van der Waals surface area contributed by atoms with E-state index in [4.69, 9.17) is 0 Å². The molecule has 0 aromatic heterocycles. The van der Waals surface area contributed by atoms with Crippen LogP contribution >= 0.6 is 0 Å². The number of amides is 4. The zero-order chi connectivity index (χ0) is 35.9. The summed E-state index contributed by atoms with van der Waals surface area (Å²) < 4.78 is 0. The van der Waals surface area contributed by atoms with E-state index in [1.807, 2.05) is 34.6 Å². The zero-order valence-electron chi connectivity index (χ0n) is 30.2. The number of non-ortho nitro benzene ring substituents is 1. The van der Waals surface area contributed by atoms with Gasteiger partial charge < -0.3 is 20.4 Å². The standard InChI is InChI=1S/C36H56N6O6/c1-23(2)30(39(9)35(46)31(36(6,7)8)38-33(44)29-16-10-11-18-40(29)24(3)4)20-25(5)34(45)41-19-13-17-28(41)32(43)37-22-26-14-12-15-27(21-26)42(47)48/h12,14-15,20-21,23-24,28-31H,10-11,13,16-19,22H2,1-9H3,(H,37,43)(H,38,44)/t28-,29+,30+,31+/m0/s1. The molecule has 12 heteroatoms.